The van der Waals surface area contributed by atoms with Crippen molar-refractivity contribution < 1.29 is 14.3 Å². The molecule has 0 fully saturated rings. The number of amides is 1. The molecule has 1 amide bonds. The summed E-state index contributed by atoms with van der Waals surface area (Å²) >= 11 is 2.70. The number of carbonyl (C=O) groups is 1. The zero-order valence-corrected chi connectivity index (χ0v) is 19.3. The van der Waals surface area contributed by atoms with Crippen LogP contribution >= 0.6 is 23.1 Å². The SMILES string of the molecule is COc1ccc(-c2ccc3nnc(SCC(=O)Nc4nc5ccccc5s4)n3n2)cc1OC. The highest BCUT2D eigenvalue weighted by Gasteiger charge is 2.14. The van der Waals surface area contributed by atoms with Gasteiger partial charge in [-0.2, -0.15) is 9.61 Å². The Morgan fingerprint density at radius 2 is 1.91 bits per heavy atom. The number of thiazole rings is 1. The number of para-hydroxylation sites is 1. The van der Waals surface area contributed by atoms with Crippen LogP contribution in [-0.2, 0) is 4.79 Å². The van der Waals surface area contributed by atoms with Gasteiger partial charge in [-0.15, -0.1) is 10.2 Å². The van der Waals surface area contributed by atoms with Crippen LogP contribution in [0, 0.1) is 0 Å². The first kappa shape index (κ1) is 21.2. The molecule has 0 radical (unpaired) electrons. The van der Waals surface area contributed by atoms with Gasteiger partial charge in [0, 0.05) is 5.56 Å². The number of rotatable bonds is 7. The Kier molecular flexibility index (Phi) is 5.80. The monoisotopic (exact) mass is 478 g/mol. The van der Waals surface area contributed by atoms with Gasteiger partial charge in [-0.1, -0.05) is 35.2 Å². The average Bonchev–Trinajstić information content (AvgIpc) is 3.45. The fourth-order valence-corrected chi connectivity index (χ4v) is 4.79. The van der Waals surface area contributed by atoms with E-state index in [1.807, 2.05) is 54.6 Å². The molecule has 3 aromatic heterocycles. The van der Waals surface area contributed by atoms with Crippen molar-refractivity contribution in [3.05, 3.63) is 54.6 Å². The van der Waals surface area contributed by atoms with E-state index in [9.17, 15) is 4.79 Å². The van der Waals surface area contributed by atoms with Crippen LogP contribution in [0.15, 0.2) is 59.8 Å². The molecule has 0 spiro atoms. The van der Waals surface area contributed by atoms with Crippen LogP contribution in [0.5, 0.6) is 11.5 Å². The second-order valence-electron chi connectivity index (χ2n) is 6.86. The van der Waals surface area contributed by atoms with Crippen molar-refractivity contribution >= 4 is 50.0 Å². The van der Waals surface area contributed by atoms with Gasteiger partial charge >= 0.3 is 0 Å². The molecule has 2 aromatic carbocycles. The molecule has 33 heavy (non-hydrogen) atoms. The Labute approximate surface area is 196 Å². The second kappa shape index (κ2) is 9.04. The Morgan fingerprint density at radius 3 is 2.73 bits per heavy atom. The lowest BCUT2D eigenvalue weighted by Crippen LogP contribution is -2.14. The summed E-state index contributed by atoms with van der Waals surface area (Å²) < 4.78 is 13.3. The van der Waals surface area contributed by atoms with Crippen molar-refractivity contribution in [3.8, 4) is 22.8 Å². The molecular weight excluding hydrogens is 460 g/mol. The molecule has 0 aliphatic rings. The number of fused-ring (bicyclic) bond motifs is 2. The van der Waals surface area contributed by atoms with Crippen molar-refractivity contribution in [2.24, 2.45) is 0 Å². The molecule has 0 unspecified atom stereocenters. The first-order valence-electron chi connectivity index (χ1n) is 9.87. The number of thioether (sulfide) groups is 1. The normalized spacial score (nSPS) is 11.1. The van der Waals surface area contributed by atoms with Gasteiger partial charge in [-0.25, -0.2) is 4.98 Å². The quantitative estimate of drug-likeness (QED) is 0.348. The minimum atomic E-state index is -0.174. The van der Waals surface area contributed by atoms with Crippen molar-refractivity contribution in [2.45, 2.75) is 5.16 Å². The lowest BCUT2D eigenvalue weighted by atomic mass is 10.1. The van der Waals surface area contributed by atoms with E-state index in [4.69, 9.17) is 9.47 Å². The molecule has 11 heteroatoms. The van der Waals surface area contributed by atoms with Crippen molar-refractivity contribution in [1.82, 2.24) is 24.8 Å². The van der Waals surface area contributed by atoms with E-state index in [1.165, 1.54) is 23.1 Å². The molecule has 0 aliphatic carbocycles. The van der Waals surface area contributed by atoms with Gasteiger partial charge in [-0.05, 0) is 42.5 Å². The van der Waals surface area contributed by atoms with E-state index in [0.29, 0.717) is 33.1 Å². The summed E-state index contributed by atoms with van der Waals surface area (Å²) in [6, 6.07) is 17.0. The highest BCUT2D eigenvalue weighted by molar-refractivity contribution is 7.99. The molecule has 0 bridgehead atoms. The van der Waals surface area contributed by atoms with Crippen molar-refractivity contribution in [1.29, 1.82) is 0 Å². The topological polar surface area (TPSA) is 104 Å². The summed E-state index contributed by atoms with van der Waals surface area (Å²) in [5.74, 6) is 1.23. The fourth-order valence-electron chi connectivity index (χ4n) is 3.22. The molecule has 0 saturated carbocycles. The summed E-state index contributed by atoms with van der Waals surface area (Å²) in [7, 11) is 3.18. The van der Waals surface area contributed by atoms with E-state index in [-0.39, 0.29) is 11.7 Å². The Morgan fingerprint density at radius 1 is 1.06 bits per heavy atom. The van der Waals surface area contributed by atoms with Crippen LogP contribution in [0.25, 0.3) is 27.1 Å². The fraction of sp³-hybridized carbons (Fsp3) is 0.136. The Balaban J connectivity index is 1.33. The predicted molar refractivity (Wildman–Crippen MR) is 128 cm³/mol. The van der Waals surface area contributed by atoms with Crippen LogP contribution in [0.2, 0.25) is 0 Å². The Bertz CT molecular complexity index is 1430. The van der Waals surface area contributed by atoms with Crippen LogP contribution in [-0.4, -0.2) is 50.7 Å². The number of hydrogen-bond acceptors (Lipinski definition) is 9. The standard InChI is InChI=1S/C22H18N6O3S2/c1-30-16-9-7-13(11-17(16)31-2)14-8-10-19-25-26-22(28(19)27-14)32-12-20(29)24-21-23-15-5-3-4-6-18(15)33-21/h3-11H,12H2,1-2H3,(H,23,24,29). The number of anilines is 1. The molecular formula is C22H18N6O3S2. The summed E-state index contributed by atoms with van der Waals surface area (Å²) in [6.45, 7) is 0. The lowest BCUT2D eigenvalue weighted by molar-refractivity contribution is -0.113. The first-order chi connectivity index (χ1) is 16.1. The predicted octanol–water partition coefficient (Wildman–Crippen LogP) is 4.15. The number of nitrogens with one attached hydrogen (secondary N) is 1. The number of hydrogen-bond donors (Lipinski definition) is 1. The van der Waals surface area contributed by atoms with Crippen LogP contribution < -0.4 is 14.8 Å². The van der Waals surface area contributed by atoms with Gasteiger partial charge in [0.05, 0.1) is 35.9 Å². The molecule has 0 saturated heterocycles. The molecule has 9 nitrogen and oxygen atoms in total. The molecule has 1 N–H and O–H groups in total. The third-order valence-corrected chi connectivity index (χ3v) is 6.66. The van der Waals surface area contributed by atoms with Crippen molar-refractivity contribution in [2.75, 3.05) is 25.3 Å². The summed E-state index contributed by atoms with van der Waals surface area (Å²) in [5, 5.41) is 16.9. The third kappa shape index (κ3) is 4.32. The number of methoxy groups -OCH3 is 2. The smallest absolute Gasteiger partial charge is 0.236 e. The molecule has 0 aliphatic heterocycles. The number of ether oxygens (including phenoxy) is 2. The average molecular weight is 479 g/mol. The largest absolute Gasteiger partial charge is 0.493 e. The van der Waals surface area contributed by atoms with Crippen LogP contribution in [0.1, 0.15) is 0 Å². The van der Waals surface area contributed by atoms with Gasteiger partial charge in [0.1, 0.15) is 0 Å². The maximum atomic E-state index is 12.5. The van der Waals surface area contributed by atoms with Crippen LogP contribution in [0.4, 0.5) is 5.13 Å². The number of benzene rings is 2. The van der Waals surface area contributed by atoms with Gasteiger partial charge in [0.15, 0.2) is 22.3 Å². The molecule has 5 aromatic rings. The second-order valence-corrected chi connectivity index (χ2v) is 8.84. The van der Waals surface area contributed by atoms with Gasteiger partial charge < -0.3 is 14.8 Å². The van der Waals surface area contributed by atoms with E-state index in [0.717, 1.165) is 15.8 Å². The highest BCUT2D eigenvalue weighted by Crippen LogP contribution is 2.32. The molecule has 3 heterocycles. The zero-order chi connectivity index (χ0) is 22.8. The van der Waals surface area contributed by atoms with Gasteiger partial charge in [0.25, 0.3) is 0 Å². The number of aromatic nitrogens is 5. The summed E-state index contributed by atoms with van der Waals surface area (Å²) in [6.07, 6.45) is 0. The van der Waals surface area contributed by atoms with E-state index in [1.54, 1.807) is 18.7 Å². The third-order valence-electron chi connectivity index (χ3n) is 4.79. The molecule has 5 rings (SSSR count). The maximum absolute atomic E-state index is 12.5. The summed E-state index contributed by atoms with van der Waals surface area (Å²) in [5.41, 5.74) is 3.02. The molecule has 0 atom stereocenters. The van der Waals surface area contributed by atoms with E-state index < -0.39 is 0 Å². The maximum Gasteiger partial charge on any atom is 0.236 e. The number of nitrogens with zero attached hydrogens (tertiary/aromatic N) is 5. The first-order valence-corrected chi connectivity index (χ1v) is 11.7. The zero-order valence-electron chi connectivity index (χ0n) is 17.7. The summed E-state index contributed by atoms with van der Waals surface area (Å²) in [4.78, 5) is 16.9. The van der Waals surface area contributed by atoms with Crippen molar-refractivity contribution in [3.63, 3.8) is 0 Å². The van der Waals surface area contributed by atoms with Crippen LogP contribution in [0.3, 0.4) is 0 Å². The van der Waals surface area contributed by atoms with Gasteiger partial charge in [0.2, 0.25) is 11.1 Å². The minimum absolute atomic E-state index is 0.152. The Hall–Kier alpha value is -3.70. The van der Waals surface area contributed by atoms with E-state index >= 15 is 0 Å². The molecule has 166 valence electrons. The van der Waals surface area contributed by atoms with Gasteiger partial charge in [-0.3, -0.25) is 4.79 Å². The number of carbonyl (C=O) groups excluding carboxylic acids is 1. The van der Waals surface area contributed by atoms with E-state index in [2.05, 4.69) is 25.6 Å². The highest BCUT2D eigenvalue weighted by atomic mass is 32.2. The lowest BCUT2D eigenvalue weighted by Gasteiger charge is -2.09. The minimum Gasteiger partial charge on any atom is -0.493 e.